The Balaban J connectivity index is 1.02. The highest BCUT2D eigenvalue weighted by Crippen LogP contribution is 2.44. The van der Waals surface area contributed by atoms with Gasteiger partial charge in [0.1, 0.15) is 6.61 Å². The number of carboxylic acid groups (broad SMARTS) is 1. The SMILES string of the molecule is O=C(CSCCNC(=O)OCC1c2ccccc2-c2ccccc21)NC1(C(=O)O)CCN(Cc2ccccc2)C1. The topological polar surface area (TPSA) is 108 Å². The van der Waals surface area contributed by atoms with Gasteiger partial charge in [-0.05, 0) is 34.2 Å². The van der Waals surface area contributed by atoms with Crippen LogP contribution >= 0.6 is 11.8 Å². The molecule has 0 saturated carbocycles. The van der Waals surface area contributed by atoms with Crippen molar-refractivity contribution in [3.8, 4) is 11.1 Å². The molecule has 1 aliphatic carbocycles. The zero-order valence-corrected chi connectivity index (χ0v) is 23.0. The van der Waals surface area contributed by atoms with Gasteiger partial charge in [-0.25, -0.2) is 9.59 Å². The molecule has 0 radical (unpaired) electrons. The number of hydrogen-bond donors (Lipinski definition) is 3. The maximum Gasteiger partial charge on any atom is 0.407 e. The number of ether oxygens (including phenoxy) is 1. The van der Waals surface area contributed by atoms with Gasteiger partial charge >= 0.3 is 12.1 Å². The molecular formula is C31H33N3O5S. The van der Waals surface area contributed by atoms with Crippen molar-refractivity contribution in [2.45, 2.75) is 24.4 Å². The highest BCUT2D eigenvalue weighted by molar-refractivity contribution is 7.99. The maximum atomic E-state index is 12.6. The molecule has 0 aromatic heterocycles. The average Bonchev–Trinajstić information content (AvgIpc) is 3.51. The number of hydrogen-bond acceptors (Lipinski definition) is 6. The number of carboxylic acids is 1. The van der Waals surface area contributed by atoms with Gasteiger partial charge < -0.3 is 20.5 Å². The average molecular weight is 560 g/mol. The quantitative estimate of drug-likeness (QED) is 0.304. The molecule has 5 rings (SSSR count). The second-order valence-electron chi connectivity index (χ2n) is 10.2. The van der Waals surface area contributed by atoms with Crippen LogP contribution in [0.2, 0.25) is 0 Å². The number of fused-ring (bicyclic) bond motifs is 3. The molecule has 8 nitrogen and oxygen atoms in total. The van der Waals surface area contributed by atoms with Crippen LogP contribution in [0.15, 0.2) is 78.9 Å². The molecule has 40 heavy (non-hydrogen) atoms. The van der Waals surface area contributed by atoms with Gasteiger partial charge in [-0.1, -0.05) is 78.9 Å². The maximum absolute atomic E-state index is 12.6. The molecule has 3 N–H and O–H groups in total. The Morgan fingerprint density at radius 3 is 2.27 bits per heavy atom. The van der Waals surface area contributed by atoms with Crippen LogP contribution in [0.1, 0.15) is 29.0 Å². The number of rotatable bonds is 11. The number of benzene rings is 3. The van der Waals surface area contributed by atoms with Crippen molar-refractivity contribution in [2.24, 2.45) is 0 Å². The summed E-state index contributed by atoms with van der Waals surface area (Å²) in [5.41, 5.74) is 4.48. The van der Waals surface area contributed by atoms with Crippen molar-refractivity contribution >= 4 is 29.7 Å². The van der Waals surface area contributed by atoms with E-state index < -0.39 is 17.6 Å². The fourth-order valence-electron chi connectivity index (χ4n) is 5.54. The summed E-state index contributed by atoms with van der Waals surface area (Å²) in [6.07, 6.45) is -0.143. The third-order valence-corrected chi connectivity index (χ3v) is 8.44. The molecule has 1 atom stereocenters. The van der Waals surface area contributed by atoms with E-state index in [0.717, 1.165) is 16.7 Å². The number of thioether (sulfide) groups is 1. The lowest BCUT2D eigenvalue weighted by atomic mass is 9.98. The van der Waals surface area contributed by atoms with Gasteiger partial charge in [0.05, 0.1) is 5.75 Å². The van der Waals surface area contributed by atoms with Gasteiger partial charge in [0.2, 0.25) is 5.91 Å². The zero-order chi connectivity index (χ0) is 28.0. The second kappa shape index (κ2) is 12.6. The first-order chi connectivity index (χ1) is 19.4. The molecule has 3 aromatic rings. The summed E-state index contributed by atoms with van der Waals surface area (Å²) < 4.78 is 5.54. The number of aliphatic carboxylic acids is 1. The molecule has 0 spiro atoms. The van der Waals surface area contributed by atoms with Crippen LogP contribution < -0.4 is 10.6 Å². The van der Waals surface area contributed by atoms with E-state index in [1.807, 2.05) is 54.6 Å². The summed E-state index contributed by atoms with van der Waals surface area (Å²) in [6, 6.07) is 26.2. The molecule has 9 heteroatoms. The Morgan fingerprint density at radius 2 is 1.60 bits per heavy atom. The van der Waals surface area contributed by atoms with Crippen molar-refractivity contribution in [1.82, 2.24) is 15.5 Å². The normalized spacial score (nSPS) is 18.1. The molecule has 2 aliphatic rings. The van der Waals surface area contributed by atoms with Crippen LogP contribution in [-0.2, 0) is 20.9 Å². The smallest absolute Gasteiger partial charge is 0.407 e. The summed E-state index contributed by atoms with van der Waals surface area (Å²) in [7, 11) is 0. The van der Waals surface area contributed by atoms with Gasteiger partial charge in [-0.15, -0.1) is 0 Å². The van der Waals surface area contributed by atoms with E-state index in [0.29, 0.717) is 31.8 Å². The van der Waals surface area contributed by atoms with E-state index in [-0.39, 0.29) is 30.7 Å². The lowest BCUT2D eigenvalue weighted by Gasteiger charge is -2.26. The number of carbonyl (C=O) groups excluding carboxylic acids is 2. The van der Waals surface area contributed by atoms with E-state index in [2.05, 4.69) is 39.8 Å². The van der Waals surface area contributed by atoms with Gasteiger partial charge in [0.15, 0.2) is 5.54 Å². The van der Waals surface area contributed by atoms with Crippen LogP contribution in [0.5, 0.6) is 0 Å². The minimum absolute atomic E-state index is 0.00280. The second-order valence-corrected chi connectivity index (χ2v) is 11.3. The van der Waals surface area contributed by atoms with Crippen LogP contribution in [-0.4, -0.2) is 71.3 Å². The van der Waals surface area contributed by atoms with E-state index in [4.69, 9.17) is 4.74 Å². The minimum Gasteiger partial charge on any atom is -0.479 e. The molecule has 2 amide bonds. The zero-order valence-electron chi connectivity index (χ0n) is 22.2. The highest BCUT2D eigenvalue weighted by atomic mass is 32.2. The predicted octanol–water partition coefficient (Wildman–Crippen LogP) is 4.10. The Bertz CT molecular complexity index is 1320. The Labute approximate surface area is 238 Å². The van der Waals surface area contributed by atoms with Gasteiger partial charge in [0, 0.05) is 37.8 Å². The monoisotopic (exact) mass is 559 g/mol. The van der Waals surface area contributed by atoms with E-state index in [1.165, 1.54) is 22.9 Å². The van der Waals surface area contributed by atoms with E-state index in [1.54, 1.807) is 0 Å². The molecule has 1 fully saturated rings. The van der Waals surface area contributed by atoms with E-state index >= 15 is 0 Å². The molecule has 1 heterocycles. The fraction of sp³-hybridized carbons (Fsp3) is 0.323. The van der Waals surface area contributed by atoms with Gasteiger partial charge in [0.25, 0.3) is 0 Å². The summed E-state index contributed by atoms with van der Waals surface area (Å²) in [6.45, 7) is 2.08. The molecule has 1 saturated heterocycles. The number of nitrogens with zero attached hydrogens (tertiary/aromatic N) is 1. The molecule has 1 aliphatic heterocycles. The summed E-state index contributed by atoms with van der Waals surface area (Å²) >= 11 is 1.34. The summed E-state index contributed by atoms with van der Waals surface area (Å²) in [5.74, 6) is -0.733. The number of amides is 2. The van der Waals surface area contributed by atoms with Crippen LogP contribution in [0, 0.1) is 0 Å². The molecule has 0 bridgehead atoms. The number of alkyl carbamates (subject to hydrolysis) is 1. The lowest BCUT2D eigenvalue weighted by molar-refractivity contribution is -0.146. The highest BCUT2D eigenvalue weighted by Gasteiger charge is 2.46. The number of nitrogens with one attached hydrogen (secondary N) is 2. The molecule has 1 unspecified atom stereocenters. The Hall–Kier alpha value is -3.82. The first-order valence-electron chi connectivity index (χ1n) is 13.4. The minimum atomic E-state index is -1.29. The third kappa shape index (κ3) is 6.32. The standard InChI is InChI=1S/C31H33N3O5S/c35-28(33-31(29(36)37)14-16-34(21-31)18-22-8-2-1-3-9-22)20-40-17-15-32-30(38)39-19-27-25-12-6-4-10-23(25)24-11-5-7-13-26(24)27/h1-13,27H,14-21H2,(H,32,38)(H,33,35)(H,36,37). The van der Waals surface area contributed by atoms with Gasteiger partial charge in [-0.2, -0.15) is 11.8 Å². The van der Waals surface area contributed by atoms with Crippen LogP contribution in [0.25, 0.3) is 11.1 Å². The van der Waals surface area contributed by atoms with E-state index in [9.17, 15) is 19.5 Å². The predicted molar refractivity (Wildman–Crippen MR) is 155 cm³/mol. The van der Waals surface area contributed by atoms with Crippen molar-refractivity contribution in [3.63, 3.8) is 0 Å². The number of carbonyl (C=O) groups is 3. The summed E-state index contributed by atoms with van der Waals surface area (Å²) in [4.78, 5) is 39.1. The van der Waals surface area contributed by atoms with Crippen molar-refractivity contribution < 1.29 is 24.2 Å². The fourth-order valence-corrected chi connectivity index (χ4v) is 6.19. The third-order valence-electron chi connectivity index (χ3n) is 7.48. The first kappa shape index (κ1) is 27.7. The van der Waals surface area contributed by atoms with Crippen molar-refractivity contribution in [1.29, 1.82) is 0 Å². The molecule has 208 valence electrons. The largest absolute Gasteiger partial charge is 0.479 e. The molecule has 3 aromatic carbocycles. The first-order valence-corrected chi connectivity index (χ1v) is 14.6. The number of likely N-dealkylation sites (tertiary alicyclic amines) is 1. The van der Waals surface area contributed by atoms with Crippen molar-refractivity contribution in [3.05, 3.63) is 95.6 Å². The van der Waals surface area contributed by atoms with Gasteiger partial charge in [-0.3, -0.25) is 9.69 Å². The Kier molecular flexibility index (Phi) is 8.72. The summed E-state index contributed by atoms with van der Waals surface area (Å²) in [5, 5.41) is 15.4. The van der Waals surface area contributed by atoms with Crippen LogP contribution in [0.4, 0.5) is 4.79 Å². The Morgan fingerprint density at radius 1 is 0.950 bits per heavy atom. The lowest BCUT2D eigenvalue weighted by Crippen LogP contribution is -2.56. The molecular weight excluding hydrogens is 526 g/mol. The van der Waals surface area contributed by atoms with Crippen molar-refractivity contribution in [2.75, 3.05) is 37.7 Å². The van der Waals surface area contributed by atoms with Crippen LogP contribution in [0.3, 0.4) is 0 Å².